The highest BCUT2D eigenvalue weighted by atomic mass is 16.6. The molecule has 3 heterocycles. The third-order valence-electron chi connectivity index (χ3n) is 5.98. The number of rotatable bonds is 6. The van der Waals surface area contributed by atoms with E-state index in [-0.39, 0.29) is 11.6 Å². The van der Waals surface area contributed by atoms with E-state index in [0.717, 1.165) is 11.4 Å². The number of anilines is 1. The molecule has 5 rings (SSSR count). The number of hydrogen-bond donors (Lipinski definition) is 0. The molecule has 10 nitrogen and oxygen atoms in total. The Kier molecular flexibility index (Phi) is 5.92. The Morgan fingerprint density at radius 3 is 2.54 bits per heavy atom. The van der Waals surface area contributed by atoms with Crippen LogP contribution in [0.3, 0.4) is 0 Å². The smallest absolute Gasteiger partial charge is 0.272 e. The second-order valence-electron chi connectivity index (χ2n) is 8.03. The Bertz CT molecular complexity index is 1360. The van der Waals surface area contributed by atoms with Crippen LogP contribution in [0.5, 0.6) is 5.75 Å². The molecule has 0 N–H and O–H groups in total. The zero-order valence-electron chi connectivity index (χ0n) is 19.0. The van der Waals surface area contributed by atoms with Gasteiger partial charge in [0.15, 0.2) is 5.76 Å². The van der Waals surface area contributed by atoms with Crippen LogP contribution in [-0.4, -0.2) is 58.8 Å². The largest absolute Gasteiger partial charge is 0.495 e. The topological polar surface area (TPSA) is 107 Å². The van der Waals surface area contributed by atoms with Crippen LogP contribution in [0.1, 0.15) is 10.5 Å². The van der Waals surface area contributed by atoms with E-state index in [1.807, 2.05) is 24.3 Å². The van der Waals surface area contributed by atoms with Crippen molar-refractivity contribution in [2.75, 3.05) is 38.2 Å². The quantitative estimate of drug-likeness (QED) is 0.308. The third kappa shape index (κ3) is 4.33. The Balaban J connectivity index is 1.44. The first kappa shape index (κ1) is 22.2. The lowest BCUT2D eigenvalue weighted by atomic mass is 10.2. The van der Waals surface area contributed by atoms with Crippen LogP contribution < -0.4 is 9.64 Å². The van der Waals surface area contributed by atoms with Crippen LogP contribution in [0.25, 0.3) is 17.1 Å². The van der Waals surface area contributed by atoms with Crippen molar-refractivity contribution in [3.05, 3.63) is 88.8 Å². The Morgan fingerprint density at radius 1 is 1.03 bits per heavy atom. The highest BCUT2D eigenvalue weighted by Crippen LogP contribution is 2.29. The van der Waals surface area contributed by atoms with Crippen LogP contribution >= 0.6 is 0 Å². The molecule has 1 saturated heterocycles. The summed E-state index contributed by atoms with van der Waals surface area (Å²) in [6.45, 7) is 2.30. The Morgan fingerprint density at radius 2 is 1.83 bits per heavy atom. The number of carbonyl (C=O) groups excluding carboxylic acids is 1. The van der Waals surface area contributed by atoms with Gasteiger partial charge in [-0.05, 0) is 30.3 Å². The standard InChI is InChI=1S/C25H23N5O5/c1-34-24-9-3-2-8-21(24)27-11-13-28(14-12-27)25(31)22-17-20(23-10-5-15-35-23)26-29(22)18-6-4-7-19(16-18)30(32)33/h2-10,15-17H,11-14H2,1H3. The molecule has 178 valence electrons. The summed E-state index contributed by atoms with van der Waals surface area (Å²) in [5.74, 6) is 1.09. The molecule has 0 unspecified atom stereocenters. The van der Waals surface area contributed by atoms with Gasteiger partial charge < -0.3 is 19.0 Å². The van der Waals surface area contributed by atoms with Gasteiger partial charge in [-0.3, -0.25) is 14.9 Å². The highest BCUT2D eigenvalue weighted by molar-refractivity contribution is 5.94. The van der Waals surface area contributed by atoms with Crippen molar-refractivity contribution in [1.29, 1.82) is 0 Å². The second-order valence-corrected chi connectivity index (χ2v) is 8.03. The van der Waals surface area contributed by atoms with Gasteiger partial charge in [0.2, 0.25) is 0 Å². The predicted octanol–water partition coefficient (Wildman–Crippen LogP) is 4.01. The zero-order chi connectivity index (χ0) is 24.4. The number of non-ortho nitro benzene ring substituents is 1. The predicted molar refractivity (Wildman–Crippen MR) is 129 cm³/mol. The van der Waals surface area contributed by atoms with Gasteiger partial charge in [0.1, 0.15) is 17.1 Å². The molecule has 2 aromatic carbocycles. The van der Waals surface area contributed by atoms with E-state index in [0.29, 0.717) is 49.0 Å². The number of nitro benzene ring substituents is 1. The molecule has 0 atom stereocenters. The van der Waals surface area contributed by atoms with Gasteiger partial charge in [-0.2, -0.15) is 5.10 Å². The SMILES string of the molecule is COc1ccccc1N1CCN(C(=O)c2cc(-c3ccco3)nn2-c2cccc([N+](=O)[O-])c2)CC1. The van der Waals surface area contributed by atoms with E-state index in [4.69, 9.17) is 9.15 Å². The summed E-state index contributed by atoms with van der Waals surface area (Å²) in [6.07, 6.45) is 1.53. The number of nitrogens with zero attached hydrogens (tertiary/aromatic N) is 5. The number of amides is 1. The monoisotopic (exact) mass is 473 g/mol. The lowest BCUT2D eigenvalue weighted by Crippen LogP contribution is -2.49. The maximum absolute atomic E-state index is 13.6. The van der Waals surface area contributed by atoms with Crippen LogP contribution in [0, 0.1) is 10.1 Å². The van der Waals surface area contributed by atoms with Crippen molar-refractivity contribution in [3.8, 4) is 22.9 Å². The summed E-state index contributed by atoms with van der Waals surface area (Å²) in [7, 11) is 1.64. The fourth-order valence-electron chi connectivity index (χ4n) is 4.22. The molecule has 0 spiro atoms. The first-order valence-electron chi connectivity index (χ1n) is 11.1. The lowest BCUT2D eigenvalue weighted by molar-refractivity contribution is -0.384. The summed E-state index contributed by atoms with van der Waals surface area (Å²) >= 11 is 0. The summed E-state index contributed by atoms with van der Waals surface area (Å²) < 4.78 is 12.4. The minimum absolute atomic E-state index is 0.0821. The van der Waals surface area contributed by atoms with Crippen LogP contribution in [0.2, 0.25) is 0 Å². The molecular weight excluding hydrogens is 450 g/mol. The molecule has 0 bridgehead atoms. The summed E-state index contributed by atoms with van der Waals surface area (Å²) in [5, 5.41) is 15.9. The second kappa shape index (κ2) is 9.34. The van der Waals surface area contributed by atoms with Crippen molar-refractivity contribution < 1.29 is 18.9 Å². The molecule has 0 radical (unpaired) electrons. The molecule has 1 amide bonds. The molecule has 1 fully saturated rings. The van der Waals surface area contributed by atoms with Gasteiger partial charge in [-0.1, -0.05) is 18.2 Å². The summed E-state index contributed by atoms with van der Waals surface area (Å²) in [4.78, 5) is 28.4. The van der Waals surface area contributed by atoms with Crippen molar-refractivity contribution in [2.45, 2.75) is 0 Å². The van der Waals surface area contributed by atoms with Crippen molar-refractivity contribution in [1.82, 2.24) is 14.7 Å². The average molecular weight is 473 g/mol. The third-order valence-corrected chi connectivity index (χ3v) is 5.98. The number of furan rings is 1. The number of piperazine rings is 1. The average Bonchev–Trinajstić information content (AvgIpc) is 3.59. The fraction of sp³-hybridized carbons (Fsp3) is 0.200. The Hall–Kier alpha value is -4.60. The number of methoxy groups -OCH3 is 1. The van der Waals surface area contributed by atoms with E-state index in [1.165, 1.54) is 23.1 Å². The van der Waals surface area contributed by atoms with Crippen molar-refractivity contribution in [2.24, 2.45) is 0 Å². The molecule has 0 saturated carbocycles. The number of aromatic nitrogens is 2. The van der Waals surface area contributed by atoms with Gasteiger partial charge in [0.25, 0.3) is 11.6 Å². The van der Waals surface area contributed by atoms with Crippen LogP contribution in [0.15, 0.2) is 77.4 Å². The number of ether oxygens (including phenoxy) is 1. The number of benzene rings is 2. The minimum Gasteiger partial charge on any atom is -0.495 e. The maximum Gasteiger partial charge on any atom is 0.272 e. The molecule has 0 aliphatic carbocycles. The highest BCUT2D eigenvalue weighted by Gasteiger charge is 2.28. The molecule has 4 aromatic rings. The number of nitro groups is 1. The van der Waals surface area contributed by atoms with Gasteiger partial charge in [-0.15, -0.1) is 0 Å². The fourth-order valence-corrected chi connectivity index (χ4v) is 4.22. The van der Waals surface area contributed by atoms with Gasteiger partial charge >= 0.3 is 0 Å². The lowest BCUT2D eigenvalue weighted by Gasteiger charge is -2.36. The van der Waals surface area contributed by atoms with E-state index in [2.05, 4.69) is 10.00 Å². The first-order chi connectivity index (χ1) is 17.0. The molecule has 10 heteroatoms. The van der Waals surface area contributed by atoms with E-state index in [1.54, 1.807) is 42.3 Å². The van der Waals surface area contributed by atoms with E-state index in [9.17, 15) is 14.9 Å². The summed E-state index contributed by atoms with van der Waals surface area (Å²) in [5.41, 5.74) is 2.11. The summed E-state index contributed by atoms with van der Waals surface area (Å²) in [6, 6.07) is 19.0. The van der Waals surface area contributed by atoms with Crippen molar-refractivity contribution >= 4 is 17.3 Å². The molecule has 1 aliphatic heterocycles. The van der Waals surface area contributed by atoms with Gasteiger partial charge in [0.05, 0.1) is 29.7 Å². The van der Waals surface area contributed by atoms with E-state index >= 15 is 0 Å². The van der Waals surface area contributed by atoms with Gasteiger partial charge in [0, 0.05) is 44.4 Å². The van der Waals surface area contributed by atoms with Gasteiger partial charge in [-0.25, -0.2) is 4.68 Å². The molecule has 1 aliphatic rings. The molecular formula is C25H23N5O5. The number of carbonyl (C=O) groups is 1. The molecule has 2 aromatic heterocycles. The minimum atomic E-state index is -0.473. The maximum atomic E-state index is 13.6. The van der Waals surface area contributed by atoms with Crippen LogP contribution in [-0.2, 0) is 0 Å². The van der Waals surface area contributed by atoms with Crippen molar-refractivity contribution in [3.63, 3.8) is 0 Å². The first-order valence-corrected chi connectivity index (χ1v) is 11.1. The number of hydrogen-bond acceptors (Lipinski definition) is 7. The zero-order valence-corrected chi connectivity index (χ0v) is 19.0. The normalized spacial score (nSPS) is 13.6. The Labute approximate surface area is 201 Å². The van der Waals surface area contributed by atoms with E-state index < -0.39 is 4.92 Å². The number of para-hydroxylation sites is 2. The van der Waals surface area contributed by atoms with Crippen LogP contribution in [0.4, 0.5) is 11.4 Å². The molecule has 35 heavy (non-hydrogen) atoms.